The van der Waals surface area contributed by atoms with Crippen LogP contribution in [0.1, 0.15) is 38.8 Å². The second kappa shape index (κ2) is 5.70. The molecular weight excluding hydrogens is 222 g/mol. The van der Waals surface area contributed by atoms with E-state index >= 15 is 0 Å². The molecule has 0 unspecified atom stereocenters. The molecule has 1 saturated heterocycles. The van der Waals surface area contributed by atoms with E-state index in [0.717, 1.165) is 12.2 Å². The van der Waals surface area contributed by atoms with Gasteiger partial charge in [-0.15, -0.1) is 0 Å². The zero-order chi connectivity index (χ0) is 13.0. The van der Waals surface area contributed by atoms with Crippen LogP contribution in [0.3, 0.4) is 0 Å². The summed E-state index contributed by atoms with van der Waals surface area (Å²) in [6.07, 6.45) is 5.83. The van der Waals surface area contributed by atoms with Crippen LogP contribution in [0.4, 0.5) is 5.69 Å². The lowest BCUT2D eigenvalue weighted by atomic mass is 9.85. The third-order valence-electron chi connectivity index (χ3n) is 3.92. The van der Waals surface area contributed by atoms with Gasteiger partial charge in [0, 0.05) is 25.5 Å². The molecule has 1 aliphatic rings. The zero-order valence-corrected chi connectivity index (χ0v) is 11.9. The number of hydrogen-bond donors (Lipinski definition) is 1. The van der Waals surface area contributed by atoms with Crippen LogP contribution >= 0.6 is 0 Å². The van der Waals surface area contributed by atoms with Gasteiger partial charge in [-0.05, 0) is 49.9 Å². The van der Waals surface area contributed by atoms with Crippen LogP contribution in [0.2, 0.25) is 0 Å². The van der Waals surface area contributed by atoms with Crippen molar-refractivity contribution in [2.24, 2.45) is 5.41 Å². The van der Waals surface area contributed by atoms with Crippen molar-refractivity contribution >= 4 is 5.69 Å². The summed E-state index contributed by atoms with van der Waals surface area (Å²) in [5.41, 5.74) is 2.83. The molecule has 0 spiro atoms. The standard InChI is InChI=1S/C15H25N3/c1-15(2)6-4-9-18(10-7-15)12-14-11-13(16-3)5-8-17-14/h5,8,11H,4,6-7,9-10,12H2,1-3H3,(H,16,17). The summed E-state index contributed by atoms with van der Waals surface area (Å²) < 4.78 is 0. The lowest BCUT2D eigenvalue weighted by molar-refractivity contribution is 0.253. The Morgan fingerprint density at radius 1 is 1.33 bits per heavy atom. The molecule has 18 heavy (non-hydrogen) atoms. The van der Waals surface area contributed by atoms with E-state index in [2.05, 4.69) is 35.1 Å². The summed E-state index contributed by atoms with van der Waals surface area (Å²) in [7, 11) is 1.95. The highest BCUT2D eigenvalue weighted by Gasteiger charge is 2.23. The fraction of sp³-hybridized carbons (Fsp3) is 0.667. The van der Waals surface area contributed by atoms with Crippen LogP contribution in [0.15, 0.2) is 18.3 Å². The van der Waals surface area contributed by atoms with Crippen LogP contribution in [0.25, 0.3) is 0 Å². The highest BCUT2D eigenvalue weighted by Crippen LogP contribution is 2.30. The van der Waals surface area contributed by atoms with Crippen molar-refractivity contribution < 1.29 is 0 Å². The van der Waals surface area contributed by atoms with Crippen LogP contribution < -0.4 is 5.32 Å². The van der Waals surface area contributed by atoms with Crippen molar-refractivity contribution in [2.45, 2.75) is 39.7 Å². The largest absolute Gasteiger partial charge is 0.388 e. The van der Waals surface area contributed by atoms with Crippen molar-refractivity contribution in [1.82, 2.24) is 9.88 Å². The molecule has 0 aromatic carbocycles. The number of aromatic nitrogens is 1. The van der Waals surface area contributed by atoms with Crippen molar-refractivity contribution in [1.29, 1.82) is 0 Å². The molecule has 0 atom stereocenters. The van der Waals surface area contributed by atoms with Crippen molar-refractivity contribution in [2.75, 3.05) is 25.5 Å². The predicted molar refractivity (Wildman–Crippen MR) is 76.7 cm³/mol. The van der Waals surface area contributed by atoms with E-state index in [-0.39, 0.29) is 0 Å². The number of nitrogens with one attached hydrogen (secondary N) is 1. The fourth-order valence-electron chi connectivity index (χ4n) is 2.59. The molecule has 0 bridgehead atoms. The normalized spacial score (nSPS) is 20.4. The van der Waals surface area contributed by atoms with E-state index in [4.69, 9.17) is 0 Å². The van der Waals surface area contributed by atoms with Crippen LogP contribution in [-0.4, -0.2) is 30.0 Å². The molecule has 100 valence electrons. The number of rotatable bonds is 3. The molecule has 3 nitrogen and oxygen atoms in total. The zero-order valence-electron chi connectivity index (χ0n) is 11.9. The van der Waals surface area contributed by atoms with Crippen LogP contribution in [0.5, 0.6) is 0 Å². The first kappa shape index (κ1) is 13.3. The second-order valence-corrected chi connectivity index (χ2v) is 6.08. The summed E-state index contributed by atoms with van der Waals surface area (Å²) >= 11 is 0. The summed E-state index contributed by atoms with van der Waals surface area (Å²) in [4.78, 5) is 7.00. The lowest BCUT2D eigenvalue weighted by Crippen LogP contribution is -2.25. The highest BCUT2D eigenvalue weighted by atomic mass is 15.1. The van der Waals surface area contributed by atoms with Gasteiger partial charge in [-0.25, -0.2) is 0 Å². The molecule has 1 aromatic heterocycles. The Morgan fingerprint density at radius 3 is 2.94 bits per heavy atom. The number of likely N-dealkylation sites (tertiary alicyclic amines) is 1. The first-order valence-electron chi connectivity index (χ1n) is 6.94. The molecular formula is C15H25N3. The molecule has 3 heteroatoms. The molecule has 1 N–H and O–H groups in total. The summed E-state index contributed by atoms with van der Waals surface area (Å²) in [5.74, 6) is 0. The van der Waals surface area contributed by atoms with E-state index in [1.54, 1.807) is 0 Å². The number of hydrogen-bond acceptors (Lipinski definition) is 3. The lowest BCUT2D eigenvalue weighted by Gasteiger charge is -2.23. The maximum absolute atomic E-state index is 4.47. The Balaban J connectivity index is 1.96. The SMILES string of the molecule is CNc1ccnc(CN2CCCC(C)(C)CC2)c1. The molecule has 1 aliphatic heterocycles. The molecule has 0 radical (unpaired) electrons. The Hall–Kier alpha value is -1.09. The Kier molecular flexibility index (Phi) is 4.23. The van der Waals surface area contributed by atoms with Gasteiger partial charge in [0.25, 0.3) is 0 Å². The molecule has 2 rings (SSSR count). The van der Waals surface area contributed by atoms with Gasteiger partial charge in [-0.3, -0.25) is 9.88 Å². The number of anilines is 1. The number of nitrogens with zero attached hydrogens (tertiary/aromatic N) is 2. The average Bonchev–Trinajstić information content (AvgIpc) is 2.51. The third-order valence-corrected chi connectivity index (χ3v) is 3.92. The fourth-order valence-corrected chi connectivity index (χ4v) is 2.59. The molecule has 0 saturated carbocycles. The van der Waals surface area contributed by atoms with E-state index in [1.165, 1.54) is 38.0 Å². The van der Waals surface area contributed by atoms with E-state index in [1.807, 2.05) is 19.3 Å². The molecule has 2 heterocycles. The first-order valence-corrected chi connectivity index (χ1v) is 6.94. The van der Waals surface area contributed by atoms with Crippen molar-refractivity contribution in [3.8, 4) is 0 Å². The number of pyridine rings is 1. The monoisotopic (exact) mass is 247 g/mol. The van der Waals surface area contributed by atoms with Gasteiger partial charge >= 0.3 is 0 Å². The predicted octanol–water partition coefficient (Wildman–Crippen LogP) is 3.14. The van der Waals surface area contributed by atoms with Gasteiger partial charge in [0.15, 0.2) is 0 Å². The summed E-state index contributed by atoms with van der Waals surface area (Å²) in [6, 6.07) is 4.16. The van der Waals surface area contributed by atoms with Gasteiger partial charge in [0.2, 0.25) is 0 Å². The topological polar surface area (TPSA) is 28.2 Å². The van der Waals surface area contributed by atoms with Crippen LogP contribution in [0, 0.1) is 5.41 Å². The van der Waals surface area contributed by atoms with E-state index < -0.39 is 0 Å². The van der Waals surface area contributed by atoms with E-state index in [9.17, 15) is 0 Å². The molecule has 0 amide bonds. The van der Waals surface area contributed by atoms with Crippen LogP contribution in [-0.2, 0) is 6.54 Å². The quantitative estimate of drug-likeness (QED) is 0.889. The average molecular weight is 247 g/mol. The smallest absolute Gasteiger partial charge is 0.0564 e. The molecule has 1 fully saturated rings. The van der Waals surface area contributed by atoms with Gasteiger partial charge < -0.3 is 5.32 Å². The van der Waals surface area contributed by atoms with E-state index in [0.29, 0.717) is 5.41 Å². The molecule has 1 aromatic rings. The minimum absolute atomic E-state index is 0.509. The molecule has 0 aliphatic carbocycles. The first-order chi connectivity index (χ1) is 8.59. The maximum Gasteiger partial charge on any atom is 0.0564 e. The minimum Gasteiger partial charge on any atom is -0.388 e. The summed E-state index contributed by atoms with van der Waals surface area (Å²) in [6.45, 7) is 8.14. The van der Waals surface area contributed by atoms with Crippen molar-refractivity contribution in [3.05, 3.63) is 24.0 Å². The Labute approximate surface area is 111 Å². The Morgan fingerprint density at radius 2 is 2.17 bits per heavy atom. The summed E-state index contributed by atoms with van der Waals surface area (Å²) in [5, 5.41) is 3.17. The minimum atomic E-state index is 0.509. The Bertz CT molecular complexity index is 387. The highest BCUT2D eigenvalue weighted by molar-refractivity contribution is 5.42. The van der Waals surface area contributed by atoms with Gasteiger partial charge in [-0.1, -0.05) is 13.8 Å². The second-order valence-electron chi connectivity index (χ2n) is 6.08. The van der Waals surface area contributed by atoms with Gasteiger partial charge in [0.05, 0.1) is 5.69 Å². The third kappa shape index (κ3) is 3.70. The van der Waals surface area contributed by atoms with Gasteiger partial charge in [-0.2, -0.15) is 0 Å². The van der Waals surface area contributed by atoms with Gasteiger partial charge in [0.1, 0.15) is 0 Å². The maximum atomic E-state index is 4.47. The van der Waals surface area contributed by atoms with Crippen molar-refractivity contribution in [3.63, 3.8) is 0 Å².